The molecule has 0 atom stereocenters. The number of ketones is 1. The Hall–Kier alpha value is -3.61. The number of benzene rings is 2. The second kappa shape index (κ2) is 9.93. The highest BCUT2D eigenvalue weighted by atomic mass is 16.5. The number of anilines is 2. The normalized spacial score (nSPS) is 10.7. The van der Waals surface area contributed by atoms with Gasteiger partial charge in [-0.3, -0.25) is 14.8 Å². The summed E-state index contributed by atoms with van der Waals surface area (Å²) in [6.45, 7) is 6.39. The van der Waals surface area contributed by atoms with Crippen molar-refractivity contribution in [2.24, 2.45) is 13.0 Å². The summed E-state index contributed by atoms with van der Waals surface area (Å²) in [5.74, 6) is 1.57. The van der Waals surface area contributed by atoms with Gasteiger partial charge in [0.1, 0.15) is 5.75 Å². The molecule has 0 unspecified atom stereocenters. The molecule has 0 bridgehead atoms. The lowest BCUT2D eigenvalue weighted by Gasteiger charge is -2.13. The maximum Gasteiger partial charge on any atom is 0.325 e. The van der Waals surface area contributed by atoms with E-state index in [2.05, 4.69) is 29.6 Å². The number of aryl methyl sites for hydroxylation is 1. The van der Waals surface area contributed by atoms with E-state index in [1.165, 1.54) is 6.92 Å². The SMILES string of the molecule is CC(=O)c1cccc(-c2cc(NC(=O)Nc3ccccc3OCCC(C)C)nn2C)c1. The molecule has 7 nitrogen and oxygen atoms in total. The molecule has 162 valence electrons. The number of carbonyl (C=O) groups is 2. The van der Waals surface area contributed by atoms with Crippen molar-refractivity contribution in [1.82, 2.24) is 9.78 Å². The van der Waals surface area contributed by atoms with Crippen LogP contribution in [-0.2, 0) is 7.05 Å². The third-order valence-corrected chi connectivity index (χ3v) is 4.77. The number of ether oxygens (including phenoxy) is 1. The molecule has 1 aromatic heterocycles. The van der Waals surface area contributed by atoms with E-state index in [1.807, 2.05) is 36.4 Å². The molecule has 0 saturated heterocycles. The topological polar surface area (TPSA) is 85.2 Å². The zero-order valence-electron chi connectivity index (χ0n) is 18.3. The van der Waals surface area contributed by atoms with Gasteiger partial charge in [-0.2, -0.15) is 5.10 Å². The second-order valence-electron chi connectivity index (χ2n) is 7.78. The number of rotatable bonds is 8. The lowest BCUT2D eigenvalue weighted by molar-refractivity contribution is 0.101. The number of nitrogens with one attached hydrogen (secondary N) is 2. The van der Waals surface area contributed by atoms with E-state index >= 15 is 0 Å². The minimum atomic E-state index is -0.415. The highest BCUT2D eigenvalue weighted by Crippen LogP contribution is 2.26. The molecule has 0 fully saturated rings. The van der Waals surface area contributed by atoms with Gasteiger partial charge in [-0.1, -0.05) is 44.2 Å². The number of carbonyl (C=O) groups excluding carboxylic acids is 2. The first-order valence-electron chi connectivity index (χ1n) is 10.3. The average Bonchev–Trinajstić information content (AvgIpc) is 3.09. The molecule has 2 amide bonds. The maximum atomic E-state index is 12.5. The molecular formula is C24H28N4O3. The Labute approximate surface area is 182 Å². The first kappa shape index (κ1) is 22.1. The molecule has 31 heavy (non-hydrogen) atoms. The van der Waals surface area contributed by atoms with Crippen molar-refractivity contribution in [2.75, 3.05) is 17.2 Å². The van der Waals surface area contributed by atoms with Crippen LogP contribution < -0.4 is 15.4 Å². The molecule has 7 heteroatoms. The summed E-state index contributed by atoms with van der Waals surface area (Å²) in [5, 5.41) is 9.94. The fraction of sp³-hybridized carbons (Fsp3) is 0.292. The molecule has 0 spiro atoms. The van der Waals surface area contributed by atoms with E-state index in [4.69, 9.17) is 4.74 Å². The minimum Gasteiger partial charge on any atom is -0.491 e. The van der Waals surface area contributed by atoms with Gasteiger partial charge in [0.25, 0.3) is 0 Å². The van der Waals surface area contributed by atoms with E-state index in [0.717, 1.165) is 17.7 Å². The summed E-state index contributed by atoms with van der Waals surface area (Å²) in [5.41, 5.74) is 2.85. The minimum absolute atomic E-state index is 0.00368. The van der Waals surface area contributed by atoms with Gasteiger partial charge >= 0.3 is 6.03 Å². The van der Waals surface area contributed by atoms with Crippen LogP contribution in [0.1, 0.15) is 37.6 Å². The third kappa shape index (κ3) is 5.94. The number of amides is 2. The molecule has 0 aliphatic rings. The molecule has 2 N–H and O–H groups in total. The number of Topliss-reactive ketones (excluding diaryl/α,β-unsaturated/α-hetero) is 1. The number of para-hydroxylation sites is 2. The van der Waals surface area contributed by atoms with Crippen LogP contribution in [0.5, 0.6) is 5.75 Å². The standard InChI is InChI=1S/C24H28N4O3/c1-16(2)12-13-31-22-11-6-5-10-20(22)25-24(30)26-23-15-21(28(4)27-23)19-9-7-8-18(14-19)17(3)29/h5-11,14-16H,12-13H2,1-4H3,(H2,25,26,27,30). The molecule has 0 saturated carbocycles. The highest BCUT2D eigenvalue weighted by Gasteiger charge is 2.13. The highest BCUT2D eigenvalue weighted by molar-refractivity contribution is 6.00. The van der Waals surface area contributed by atoms with Gasteiger partial charge in [0.05, 0.1) is 18.0 Å². The summed E-state index contributed by atoms with van der Waals surface area (Å²) in [7, 11) is 1.79. The van der Waals surface area contributed by atoms with Crippen molar-refractivity contribution in [3.05, 3.63) is 60.2 Å². The van der Waals surface area contributed by atoms with Gasteiger partial charge in [0.2, 0.25) is 0 Å². The van der Waals surface area contributed by atoms with Crippen LogP contribution >= 0.6 is 0 Å². The molecule has 1 heterocycles. The molecule has 3 aromatic rings. The predicted molar refractivity (Wildman–Crippen MR) is 123 cm³/mol. The summed E-state index contributed by atoms with van der Waals surface area (Å²) in [4.78, 5) is 24.2. The summed E-state index contributed by atoms with van der Waals surface area (Å²) in [6, 6.07) is 16.0. The van der Waals surface area contributed by atoms with Crippen molar-refractivity contribution >= 4 is 23.3 Å². The number of urea groups is 1. The van der Waals surface area contributed by atoms with Crippen LogP contribution in [0.4, 0.5) is 16.3 Å². The number of hydrogen-bond donors (Lipinski definition) is 2. The van der Waals surface area contributed by atoms with Crippen LogP contribution in [0.3, 0.4) is 0 Å². The molecular weight excluding hydrogens is 392 g/mol. The van der Waals surface area contributed by atoms with Crippen molar-refractivity contribution in [1.29, 1.82) is 0 Å². The number of aromatic nitrogens is 2. The quantitative estimate of drug-likeness (QED) is 0.481. The maximum absolute atomic E-state index is 12.5. The first-order chi connectivity index (χ1) is 14.8. The Morgan fingerprint density at radius 1 is 1.06 bits per heavy atom. The first-order valence-corrected chi connectivity index (χ1v) is 10.3. The third-order valence-electron chi connectivity index (χ3n) is 4.77. The lowest BCUT2D eigenvalue weighted by Crippen LogP contribution is -2.20. The molecule has 0 aliphatic carbocycles. The van der Waals surface area contributed by atoms with Crippen molar-refractivity contribution in [2.45, 2.75) is 27.2 Å². The molecule has 0 radical (unpaired) electrons. The van der Waals surface area contributed by atoms with Crippen molar-refractivity contribution in [3.8, 4) is 17.0 Å². The summed E-state index contributed by atoms with van der Waals surface area (Å²) in [6.07, 6.45) is 0.933. The van der Waals surface area contributed by atoms with Crippen LogP contribution in [0.2, 0.25) is 0 Å². The average molecular weight is 421 g/mol. The van der Waals surface area contributed by atoms with Gasteiger partial charge in [-0.05, 0) is 37.5 Å². The Kier molecular flexibility index (Phi) is 7.07. The summed E-state index contributed by atoms with van der Waals surface area (Å²) < 4.78 is 7.49. The van der Waals surface area contributed by atoms with Crippen LogP contribution in [0.25, 0.3) is 11.3 Å². The Morgan fingerprint density at radius 3 is 2.58 bits per heavy atom. The van der Waals surface area contributed by atoms with E-state index in [9.17, 15) is 9.59 Å². The molecule has 2 aromatic carbocycles. The van der Waals surface area contributed by atoms with Crippen LogP contribution in [0, 0.1) is 5.92 Å². The summed E-state index contributed by atoms with van der Waals surface area (Å²) >= 11 is 0. The fourth-order valence-corrected chi connectivity index (χ4v) is 3.07. The van der Waals surface area contributed by atoms with Crippen LogP contribution in [-0.4, -0.2) is 28.2 Å². The monoisotopic (exact) mass is 420 g/mol. The lowest BCUT2D eigenvalue weighted by atomic mass is 10.1. The van der Waals surface area contributed by atoms with E-state index in [1.54, 1.807) is 29.9 Å². The largest absolute Gasteiger partial charge is 0.491 e. The van der Waals surface area contributed by atoms with E-state index in [0.29, 0.717) is 35.3 Å². The van der Waals surface area contributed by atoms with Crippen molar-refractivity contribution < 1.29 is 14.3 Å². The number of nitrogens with zero attached hydrogens (tertiary/aromatic N) is 2. The Morgan fingerprint density at radius 2 is 1.84 bits per heavy atom. The Balaban J connectivity index is 1.69. The molecule has 3 rings (SSSR count). The van der Waals surface area contributed by atoms with E-state index < -0.39 is 6.03 Å². The van der Waals surface area contributed by atoms with Gasteiger partial charge in [-0.15, -0.1) is 0 Å². The van der Waals surface area contributed by atoms with E-state index in [-0.39, 0.29) is 5.78 Å². The molecule has 0 aliphatic heterocycles. The zero-order valence-corrected chi connectivity index (χ0v) is 18.3. The fourth-order valence-electron chi connectivity index (χ4n) is 3.07. The van der Waals surface area contributed by atoms with Gasteiger partial charge in [-0.25, -0.2) is 4.79 Å². The van der Waals surface area contributed by atoms with Crippen molar-refractivity contribution in [3.63, 3.8) is 0 Å². The smallest absolute Gasteiger partial charge is 0.325 e. The van der Waals surface area contributed by atoms with Crippen LogP contribution in [0.15, 0.2) is 54.6 Å². The van der Waals surface area contributed by atoms with Gasteiger partial charge in [0, 0.05) is 24.2 Å². The second-order valence-corrected chi connectivity index (χ2v) is 7.78. The number of hydrogen-bond acceptors (Lipinski definition) is 4. The zero-order chi connectivity index (χ0) is 22.4. The van der Waals surface area contributed by atoms with Gasteiger partial charge in [0.15, 0.2) is 11.6 Å². The van der Waals surface area contributed by atoms with Gasteiger partial charge < -0.3 is 10.1 Å². The predicted octanol–water partition coefficient (Wildman–Crippen LogP) is 5.36. The Bertz CT molecular complexity index is 1070.